The maximum Gasteiger partial charge on any atom is 0.147 e. The number of aromatic amines is 1. The minimum absolute atomic E-state index is 0.310. The van der Waals surface area contributed by atoms with Crippen LogP contribution in [0.4, 0.5) is 0 Å². The van der Waals surface area contributed by atoms with Crippen molar-refractivity contribution in [1.82, 2.24) is 9.55 Å². The number of unbranched alkanes of at least 4 members (excludes halogenated alkanes) is 2. The first-order chi connectivity index (χ1) is 29.0. The van der Waals surface area contributed by atoms with Crippen molar-refractivity contribution in [2.75, 3.05) is 6.61 Å². The summed E-state index contributed by atoms with van der Waals surface area (Å²) in [5, 5.41) is 16.9. The molecule has 0 radical (unpaired) electrons. The summed E-state index contributed by atoms with van der Waals surface area (Å²) in [6.45, 7) is 4.92. The van der Waals surface area contributed by atoms with E-state index >= 15 is 0 Å². The fraction of sp³-hybridized carbons (Fsp3) is 0.127. The molecule has 2 heterocycles. The van der Waals surface area contributed by atoms with Crippen LogP contribution in [0.15, 0.2) is 182 Å². The van der Waals surface area contributed by atoms with E-state index in [1.165, 1.54) is 49.3 Å². The van der Waals surface area contributed by atoms with Crippen molar-refractivity contribution in [3.8, 4) is 39.4 Å². The molecule has 0 aliphatic rings. The Bertz CT molecular complexity index is 2960. The Morgan fingerprint density at radius 1 is 0.492 bits per heavy atom. The molecule has 0 aliphatic carbocycles. The Hall–Kier alpha value is -7.04. The third kappa shape index (κ3) is 7.70. The lowest BCUT2D eigenvalue weighted by Gasteiger charge is -2.17. The minimum Gasteiger partial charge on any atom is -0.505 e. The normalized spacial score (nSPS) is 11.3. The smallest absolute Gasteiger partial charge is 0.147 e. The Kier molecular flexibility index (Phi) is 10.7. The number of phenolic OH excluding ortho intramolecular Hbond substituents is 1. The number of nitrogens with one attached hydrogen (secondary N) is 1. The Morgan fingerprint density at radius 2 is 1.08 bits per heavy atom. The first-order valence-corrected chi connectivity index (χ1v) is 20.7. The molecule has 0 spiro atoms. The number of phenols is 1. The van der Waals surface area contributed by atoms with Gasteiger partial charge in [0.15, 0.2) is 0 Å². The summed E-state index contributed by atoms with van der Waals surface area (Å²) in [5.74, 6) is 1.25. The van der Waals surface area contributed by atoms with Crippen molar-refractivity contribution in [2.45, 2.75) is 39.5 Å². The Balaban J connectivity index is 0.000000290. The first kappa shape index (κ1) is 37.5. The van der Waals surface area contributed by atoms with Crippen LogP contribution in [0.5, 0.6) is 11.5 Å². The average Bonchev–Trinajstić information content (AvgIpc) is 3.82. The predicted octanol–water partition coefficient (Wildman–Crippen LogP) is 14.6. The van der Waals surface area contributed by atoms with Gasteiger partial charge >= 0.3 is 0 Å². The molecule has 10 aromatic rings. The molecule has 0 fully saturated rings. The largest absolute Gasteiger partial charge is 0.505 e. The number of fused-ring (bicyclic) bond motifs is 6. The van der Waals surface area contributed by atoms with Gasteiger partial charge in [-0.3, -0.25) is 0 Å². The van der Waals surface area contributed by atoms with E-state index in [-0.39, 0.29) is 0 Å². The topological polar surface area (TPSA) is 50.2 Å². The highest BCUT2D eigenvalue weighted by Gasteiger charge is 2.19. The lowest BCUT2D eigenvalue weighted by Crippen LogP contribution is -2.00. The molecule has 0 saturated heterocycles. The lowest BCUT2D eigenvalue weighted by atomic mass is 9.93. The van der Waals surface area contributed by atoms with Crippen molar-refractivity contribution >= 4 is 43.6 Å². The van der Waals surface area contributed by atoms with Crippen LogP contribution in [0.2, 0.25) is 0 Å². The summed E-state index contributed by atoms with van der Waals surface area (Å²) in [6.07, 6.45) is 4.03. The van der Waals surface area contributed by atoms with E-state index in [0.717, 1.165) is 70.4 Å². The van der Waals surface area contributed by atoms with E-state index in [4.69, 9.17) is 4.74 Å². The second-order valence-electron chi connectivity index (χ2n) is 15.4. The SMILES string of the molecule is Cc1cccc(-c2ccccc2OCCCCCc2ccccc2-c2cc(C)cc(-n3c4ccccc4c4ccccc43)c2O)c1.c1ccc2c(c1)[nH]c1ccccc12. The van der Waals surface area contributed by atoms with Gasteiger partial charge in [-0.15, -0.1) is 0 Å². The van der Waals surface area contributed by atoms with Gasteiger partial charge < -0.3 is 19.4 Å². The average molecular weight is 769 g/mol. The third-order valence-electron chi connectivity index (χ3n) is 11.3. The monoisotopic (exact) mass is 768 g/mol. The third-order valence-corrected chi connectivity index (χ3v) is 11.3. The van der Waals surface area contributed by atoms with E-state index < -0.39 is 0 Å². The maximum absolute atomic E-state index is 11.9. The van der Waals surface area contributed by atoms with Gasteiger partial charge in [-0.05, 0) is 104 Å². The predicted molar refractivity (Wildman–Crippen MR) is 248 cm³/mol. The Morgan fingerprint density at radius 3 is 1.78 bits per heavy atom. The summed E-state index contributed by atoms with van der Waals surface area (Å²) in [7, 11) is 0. The highest BCUT2D eigenvalue weighted by molar-refractivity contribution is 6.10. The molecule has 4 heteroatoms. The number of aryl methyl sites for hydroxylation is 3. The molecular weight excluding hydrogens is 721 g/mol. The summed E-state index contributed by atoms with van der Waals surface area (Å²) < 4.78 is 8.48. The number of aromatic nitrogens is 2. The molecule has 10 rings (SSSR count). The lowest BCUT2D eigenvalue weighted by molar-refractivity contribution is 0.306. The number of para-hydroxylation sites is 5. The molecule has 4 nitrogen and oxygen atoms in total. The molecule has 0 atom stereocenters. The molecule has 0 saturated carbocycles. The zero-order chi connectivity index (χ0) is 40.1. The van der Waals surface area contributed by atoms with Crippen LogP contribution < -0.4 is 4.74 Å². The van der Waals surface area contributed by atoms with Crippen LogP contribution in [0.25, 0.3) is 71.6 Å². The fourth-order valence-corrected chi connectivity index (χ4v) is 8.54. The van der Waals surface area contributed by atoms with Crippen molar-refractivity contribution in [3.05, 3.63) is 199 Å². The number of aromatic hydroxyl groups is 1. The molecule has 0 aliphatic heterocycles. The first-order valence-electron chi connectivity index (χ1n) is 20.7. The molecule has 0 bridgehead atoms. The zero-order valence-corrected chi connectivity index (χ0v) is 33.7. The molecule has 8 aromatic carbocycles. The molecule has 0 amide bonds. The van der Waals surface area contributed by atoms with E-state index in [0.29, 0.717) is 12.4 Å². The van der Waals surface area contributed by atoms with E-state index in [2.05, 4.69) is 199 Å². The molecule has 290 valence electrons. The van der Waals surface area contributed by atoms with E-state index in [1.807, 2.05) is 6.07 Å². The van der Waals surface area contributed by atoms with Gasteiger partial charge in [0.1, 0.15) is 11.5 Å². The molecular formula is C55H48N2O2. The van der Waals surface area contributed by atoms with Crippen LogP contribution in [0.3, 0.4) is 0 Å². The van der Waals surface area contributed by atoms with Gasteiger partial charge in [-0.1, -0.05) is 145 Å². The van der Waals surface area contributed by atoms with Gasteiger partial charge in [-0.25, -0.2) is 0 Å². The van der Waals surface area contributed by atoms with Gasteiger partial charge in [0.2, 0.25) is 0 Å². The zero-order valence-electron chi connectivity index (χ0n) is 33.7. The number of benzene rings is 8. The molecule has 2 N–H and O–H groups in total. The van der Waals surface area contributed by atoms with Crippen LogP contribution in [0, 0.1) is 13.8 Å². The number of nitrogens with zero attached hydrogens (tertiary/aromatic N) is 1. The molecule has 2 aromatic heterocycles. The summed E-state index contributed by atoms with van der Waals surface area (Å²) in [4.78, 5) is 3.38. The minimum atomic E-state index is 0.310. The van der Waals surface area contributed by atoms with Crippen molar-refractivity contribution in [2.24, 2.45) is 0 Å². The Labute approximate surface area is 346 Å². The maximum atomic E-state index is 11.9. The van der Waals surface area contributed by atoms with Crippen LogP contribution >= 0.6 is 0 Å². The van der Waals surface area contributed by atoms with Gasteiger partial charge in [0.25, 0.3) is 0 Å². The van der Waals surface area contributed by atoms with Crippen LogP contribution in [-0.4, -0.2) is 21.3 Å². The number of rotatable bonds is 10. The summed E-state index contributed by atoms with van der Waals surface area (Å²) >= 11 is 0. The molecule has 59 heavy (non-hydrogen) atoms. The van der Waals surface area contributed by atoms with Crippen molar-refractivity contribution in [1.29, 1.82) is 0 Å². The highest BCUT2D eigenvalue weighted by atomic mass is 16.5. The highest BCUT2D eigenvalue weighted by Crippen LogP contribution is 2.41. The second kappa shape index (κ2) is 16.8. The van der Waals surface area contributed by atoms with Gasteiger partial charge in [0, 0.05) is 43.7 Å². The summed E-state index contributed by atoms with van der Waals surface area (Å²) in [5.41, 5.74) is 13.3. The number of hydrogen-bond acceptors (Lipinski definition) is 2. The number of H-pyrrole nitrogens is 1. The van der Waals surface area contributed by atoms with Crippen LogP contribution in [-0.2, 0) is 6.42 Å². The fourth-order valence-electron chi connectivity index (χ4n) is 8.54. The standard InChI is InChI=1S/C43H39NO2.C12H9N/c1-30-15-14-18-33(27-30)35-20-9-12-25-42(35)46-26-13-3-4-16-32-17-5-6-19-34(32)38-28-31(2)29-41(43(38)45)44-39-23-10-7-21-36(39)37-22-8-11-24-40(37)44;1-3-7-11-9(5-1)10-6-2-4-8-12(10)13-11/h5-12,14-15,17-25,27-29,45H,3-4,13,16,26H2,1-2H3;1-8,13H. The summed E-state index contributed by atoms with van der Waals surface area (Å²) in [6, 6.07) is 63.2. The van der Waals surface area contributed by atoms with Crippen LogP contribution in [0.1, 0.15) is 36.0 Å². The van der Waals surface area contributed by atoms with Gasteiger partial charge in [-0.2, -0.15) is 0 Å². The molecule has 0 unspecified atom stereocenters. The quantitative estimate of drug-likeness (QED) is 0.136. The second-order valence-corrected chi connectivity index (χ2v) is 15.4. The number of ether oxygens (including phenoxy) is 1. The van der Waals surface area contributed by atoms with Gasteiger partial charge in [0.05, 0.1) is 23.3 Å². The van der Waals surface area contributed by atoms with E-state index in [1.54, 1.807) is 0 Å². The van der Waals surface area contributed by atoms with Crippen molar-refractivity contribution < 1.29 is 9.84 Å². The number of hydrogen-bond donors (Lipinski definition) is 2. The van der Waals surface area contributed by atoms with Crippen molar-refractivity contribution in [3.63, 3.8) is 0 Å². The van der Waals surface area contributed by atoms with E-state index in [9.17, 15) is 5.11 Å².